The van der Waals surface area contributed by atoms with Crippen molar-refractivity contribution in [1.82, 2.24) is 24.7 Å². The number of aromatic nitrogens is 5. The van der Waals surface area contributed by atoms with E-state index in [2.05, 4.69) is 20.1 Å². The fraction of sp³-hybridized carbons (Fsp3) is 0.125. The molecule has 0 fully saturated rings. The highest BCUT2D eigenvalue weighted by Gasteiger charge is 2.17. The number of nitrogens with zero attached hydrogens (tertiary/aromatic N) is 4. The second kappa shape index (κ2) is 4.91. The predicted octanol–water partition coefficient (Wildman–Crippen LogP) is 2.38. The average molecular weight is 307 g/mol. The molecule has 4 rings (SSSR count). The van der Waals surface area contributed by atoms with Gasteiger partial charge >= 0.3 is 0 Å². The Kier molecular flexibility index (Phi) is 2.87. The van der Waals surface area contributed by atoms with Crippen molar-refractivity contribution in [2.24, 2.45) is 0 Å². The maximum absolute atomic E-state index is 12.8. The van der Waals surface area contributed by atoms with Gasteiger partial charge in [-0.05, 0) is 38.1 Å². The van der Waals surface area contributed by atoms with Gasteiger partial charge in [0.1, 0.15) is 5.76 Å². The molecule has 0 aromatic carbocycles. The van der Waals surface area contributed by atoms with E-state index in [9.17, 15) is 4.79 Å². The Morgan fingerprint density at radius 1 is 1.17 bits per heavy atom. The molecule has 0 saturated carbocycles. The minimum Gasteiger partial charge on any atom is -0.464 e. The first-order valence-corrected chi connectivity index (χ1v) is 7.10. The van der Waals surface area contributed by atoms with Crippen molar-refractivity contribution in [3.8, 4) is 17.3 Å². The largest absolute Gasteiger partial charge is 0.464 e. The summed E-state index contributed by atoms with van der Waals surface area (Å²) >= 11 is 0. The van der Waals surface area contributed by atoms with E-state index in [-0.39, 0.29) is 5.56 Å². The van der Waals surface area contributed by atoms with E-state index >= 15 is 0 Å². The van der Waals surface area contributed by atoms with Gasteiger partial charge in [-0.2, -0.15) is 4.68 Å². The number of aryl methyl sites for hydroxylation is 2. The first-order valence-electron chi connectivity index (χ1n) is 7.10. The van der Waals surface area contributed by atoms with E-state index in [4.69, 9.17) is 4.42 Å². The number of hydrogen-bond acceptors (Lipinski definition) is 5. The monoisotopic (exact) mass is 307 g/mol. The second-order valence-corrected chi connectivity index (χ2v) is 5.26. The number of nitrogens with one attached hydrogen (secondary N) is 1. The number of hydrogen-bond donors (Lipinski definition) is 1. The van der Waals surface area contributed by atoms with Gasteiger partial charge in [0, 0.05) is 23.1 Å². The summed E-state index contributed by atoms with van der Waals surface area (Å²) < 4.78 is 6.72. The third-order valence-corrected chi connectivity index (χ3v) is 3.54. The molecular weight excluding hydrogens is 294 g/mol. The van der Waals surface area contributed by atoms with E-state index in [1.54, 1.807) is 30.7 Å². The van der Waals surface area contributed by atoms with E-state index in [1.807, 2.05) is 19.9 Å². The molecule has 114 valence electrons. The van der Waals surface area contributed by atoms with Crippen LogP contribution in [-0.4, -0.2) is 24.7 Å². The molecule has 4 heterocycles. The summed E-state index contributed by atoms with van der Waals surface area (Å²) in [6.07, 6.45) is 3.20. The second-order valence-electron chi connectivity index (χ2n) is 5.26. The lowest BCUT2D eigenvalue weighted by Crippen LogP contribution is -2.18. The van der Waals surface area contributed by atoms with Crippen LogP contribution in [0.4, 0.5) is 0 Å². The molecule has 7 heteroatoms. The van der Waals surface area contributed by atoms with Gasteiger partial charge in [-0.15, -0.1) is 0 Å². The number of fused-ring (bicyclic) bond motifs is 1. The van der Waals surface area contributed by atoms with Crippen LogP contribution in [0.1, 0.15) is 11.4 Å². The zero-order chi connectivity index (χ0) is 16.0. The Bertz CT molecular complexity index is 1040. The highest BCUT2D eigenvalue weighted by atomic mass is 16.3. The third-order valence-electron chi connectivity index (χ3n) is 3.54. The van der Waals surface area contributed by atoms with Gasteiger partial charge in [0.05, 0.1) is 11.6 Å². The van der Waals surface area contributed by atoms with Crippen LogP contribution in [-0.2, 0) is 0 Å². The highest BCUT2D eigenvalue weighted by Crippen LogP contribution is 2.25. The van der Waals surface area contributed by atoms with Crippen LogP contribution >= 0.6 is 0 Å². The summed E-state index contributed by atoms with van der Waals surface area (Å²) in [5, 5.41) is 3.41. The number of furan rings is 1. The quantitative estimate of drug-likeness (QED) is 0.614. The van der Waals surface area contributed by atoms with Gasteiger partial charge < -0.3 is 4.42 Å². The summed E-state index contributed by atoms with van der Waals surface area (Å²) in [5.74, 6) is 0.915. The predicted molar refractivity (Wildman–Crippen MR) is 84.5 cm³/mol. The molecule has 0 spiro atoms. The zero-order valence-corrected chi connectivity index (χ0v) is 12.6. The van der Waals surface area contributed by atoms with Crippen LogP contribution in [0.2, 0.25) is 0 Å². The highest BCUT2D eigenvalue weighted by molar-refractivity contribution is 5.90. The molecule has 0 amide bonds. The Labute approximate surface area is 130 Å². The molecule has 0 bridgehead atoms. The first kappa shape index (κ1) is 13.4. The summed E-state index contributed by atoms with van der Waals surface area (Å²) in [6, 6.07) is 7.19. The standard InChI is InChI=1S/C16H13N5O2/c1-9-8-10(2)19-16(18-9)21-15(22)13-11(12-4-3-7-23-12)5-6-17-14(13)20-21/h3-8H,1-2H3,(H,17,20). The number of aromatic amines is 1. The van der Waals surface area contributed by atoms with Crippen LogP contribution in [0, 0.1) is 13.8 Å². The Morgan fingerprint density at radius 2 is 1.96 bits per heavy atom. The van der Waals surface area contributed by atoms with Gasteiger partial charge in [-0.1, -0.05) is 0 Å². The fourth-order valence-corrected chi connectivity index (χ4v) is 2.62. The molecule has 0 unspecified atom stereocenters. The van der Waals surface area contributed by atoms with Crippen LogP contribution in [0.25, 0.3) is 28.3 Å². The van der Waals surface area contributed by atoms with Crippen LogP contribution < -0.4 is 5.56 Å². The Balaban J connectivity index is 2.02. The molecule has 0 atom stereocenters. The van der Waals surface area contributed by atoms with Crippen molar-refractivity contribution in [1.29, 1.82) is 0 Å². The van der Waals surface area contributed by atoms with Crippen molar-refractivity contribution >= 4 is 11.0 Å². The molecule has 0 aliphatic carbocycles. The zero-order valence-electron chi connectivity index (χ0n) is 12.6. The van der Waals surface area contributed by atoms with Gasteiger partial charge in [0.2, 0.25) is 0 Å². The van der Waals surface area contributed by atoms with Gasteiger partial charge in [0.25, 0.3) is 11.5 Å². The number of rotatable bonds is 2. The minimum atomic E-state index is -0.260. The molecule has 0 radical (unpaired) electrons. The van der Waals surface area contributed by atoms with Crippen molar-refractivity contribution < 1.29 is 4.42 Å². The first-order chi connectivity index (χ1) is 11.1. The molecule has 0 aliphatic heterocycles. The lowest BCUT2D eigenvalue weighted by Gasteiger charge is -2.02. The lowest BCUT2D eigenvalue weighted by molar-refractivity contribution is 0.583. The fourth-order valence-electron chi connectivity index (χ4n) is 2.62. The van der Waals surface area contributed by atoms with E-state index in [0.717, 1.165) is 11.4 Å². The Morgan fingerprint density at radius 3 is 2.65 bits per heavy atom. The topological polar surface area (TPSA) is 89.6 Å². The summed E-state index contributed by atoms with van der Waals surface area (Å²) in [7, 11) is 0. The van der Waals surface area contributed by atoms with Crippen LogP contribution in [0.15, 0.2) is 45.9 Å². The van der Waals surface area contributed by atoms with Gasteiger partial charge in [0.15, 0.2) is 5.65 Å². The molecule has 7 nitrogen and oxygen atoms in total. The van der Waals surface area contributed by atoms with Crippen molar-refractivity contribution in [3.05, 3.63) is 58.5 Å². The lowest BCUT2D eigenvalue weighted by atomic mass is 10.1. The number of H-pyrrole nitrogens is 1. The molecule has 23 heavy (non-hydrogen) atoms. The van der Waals surface area contributed by atoms with Crippen LogP contribution in [0.5, 0.6) is 0 Å². The SMILES string of the molecule is Cc1cc(C)nc(-n2[nH]c3nccc(-c4ccco4)c3c2=O)n1. The number of pyridine rings is 1. The summed E-state index contributed by atoms with van der Waals surface area (Å²) in [5.41, 5.74) is 2.47. The van der Waals surface area contributed by atoms with Crippen molar-refractivity contribution in [2.45, 2.75) is 13.8 Å². The van der Waals surface area contributed by atoms with Crippen molar-refractivity contribution in [3.63, 3.8) is 0 Å². The maximum Gasteiger partial charge on any atom is 0.284 e. The molecular formula is C16H13N5O2. The van der Waals surface area contributed by atoms with Gasteiger partial charge in [-0.3, -0.25) is 9.89 Å². The maximum atomic E-state index is 12.8. The molecule has 4 aromatic heterocycles. The van der Waals surface area contributed by atoms with Crippen LogP contribution in [0.3, 0.4) is 0 Å². The normalized spacial score (nSPS) is 11.2. The molecule has 1 N–H and O–H groups in total. The van der Waals surface area contributed by atoms with E-state index < -0.39 is 0 Å². The minimum absolute atomic E-state index is 0.260. The Hall–Kier alpha value is -3.22. The summed E-state index contributed by atoms with van der Waals surface area (Å²) in [6.45, 7) is 3.72. The van der Waals surface area contributed by atoms with E-state index in [1.165, 1.54) is 4.68 Å². The average Bonchev–Trinajstić information content (AvgIpc) is 3.14. The van der Waals surface area contributed by atoms with Gasteiger partial charge in [-0.25, -0.2) is 15.0 Å². The van der Waals surface area contributed by atoms with Crippen molar-refractivity contribution in [2.75, 3.05) is 0 Å². The molecule has 0 saturated heterocycles. The molecule has 0 aliphatic rings. The summed E-state index contributed by atoms with van der Waals surface area (Å²) in [4.78, 5) is 25.7. The van der Waals surface area contributed by atoms with E-state index in [0.29, 0.717) is 28.3 Å². The smallest absolute Gasteiger partial charge is 0.284 e. The molecule has 4 aromatic rings. The third kappa shape index (κ3) is 2.13.